The van der Waals surface area contributed by atoms with Crippen LogP contribution in [0.4, 0.5) is 0 Å². The van der Waals surface area contributed by atoms with Gasteiger partial charge in [-0.2, -0.15) is 0 Å². The number of nitrogens with zero attached hydrogens (tertiary/aromatic N) is 1. The normalized spacial score (nSPS) is 30.9. The summed E-state index contributed by atoms with van der Waals surface area (Å²) in [5.74, 6) is 0. The van der Waals surface area contributed by atoms with Gasteiger partial charge < -0.3 is 10.5 Å². The van der Waals surface area contributed by atoms with Crippen molar-refractivity contribution in [3.05, 3.63) is 21.3 Å². The highest BCUT2D eigenvalue weighted by molar-refractivity contribution is 7.16. The van der Waals surface area contributed by atoms with Crippen molar-refractivity contribution in [1.29, 1.82) is 0 Å². The van der Waals surface area contributed by atoms with Gasteiger partial charge in [-0.15, -0.1) is 11.3 Å². The molecule has 0 aliphatic carbocycles. The number of hydrogen-bond donors (Lipinski definition) is 1. The van der Waals surface area contributed by atoms with Crippen molar-refractivity contribution in [3.8, 4) is 0 Å². The molecule has 2 rings (SSSR count). The van der Waals surface area contributed by atoms with Crippen molar-refractivity contribution in [2.75, 3.05) is 20.2 Å². The number of nitrogens with two attached hydrogens (primary N) is 1. The summed E-state index contributed by atoms with van der Waals surface area (Å²) < 4.78 is 6.82. The molecule has 1 aromatic rings. The first-order valence-electron chi connectivity index (χ1n) is 7.22. The smallest absolute Gasteiger partial charge is 0.0931 e. The van der Waals surface area contributed by atoms with E-state index in [4.69, 9.17) is 22.1 Å². The summed E-state index contributed by atoms with van der Waals surface area (Å²) in [5, 5.41) is 0. The molecule has 0 aromatic carbocycles. The number of hydrogen-bond acceptors (Lipinski definition) is 4. The third-order valence-electron chi connectivity index (χ3n) is 4.68. The Morgan fingerprint density at radius 1 is 1.50 bits per heavy atom. The molecule has 1 aliphatic rings. The van der Waals surface area contributed by atoms with Crippen molar-refractivity contribution in [3.63, 3.8) is 0 Å². The van der Waals surface area contributed by atoms with E-state index in [1.165, 1.54) is 4.88 Å². The first-order valence-corrected chi connectivity index (χ1v) is 8.42. The van der Waals surface area contributed by atoms with Gasteiger partial charge in [0.15, 0.2) is 0 Å². The Labute approximate surface area is 131 Å². The predicted octanol–water partition coefficient (Wildman–Crippen LogP) is 3.51. The molecular weight excluding hydrogens is 292 g/mol. The van der Waals surface area contributed by atoms with E-state index in [2.05, 4.69) is 31.9 Å². The zero-order valence-electron chi connectivity index (χ0n) is 12.6. The van der Waals surface area contributed by atoms with Crippen molar-refractivity contribution in [2.24, 2.45) is 5.73 Å². The minimum atomic E-state index is -0.0566. The molecular formula is C15H25ClN2OS. The van der Waals surface area contributed by atoms with Crippen LogP contribution in [0.5, 0.6) is 0 Å². The first-order chi connectivity index (χ1) is 9.43. The van der Waals surface area contributed by atoms with Crippen molar-refractivity contribution < 1.29 is 4.74 Å². The van der Waals surface area contributed by atoms with Gasteiger partial charge in [0, 0.05) is 30.1 Å². The van der Waals surface area contributed by atoms with E-state index in [0.717, 1.165) is 36.8 Å². The molecule has 1 fully saturated rings. The van der Waals surface area contributed by atoms with E-state index in [1.54, 1.807) is 11.3 Å². The predicted molar refractivity (Wildman–Crippen MR) is 86.5 cm³/mol. The highest BCUT2D eigenvalue weighted by Gasteiger charge is 2.44. The lowest BCUT2D eigenvalue weighted by Crippen LogP contribution is -2.59. The summed E-state index contributed by atoms with van der Waals surface area (Å²) in [6, 6.07) is 4.07. The van der Waals surface area contributed by atoms with Gasteiger partial charge in [0.25, 0.3) is 0 Å². The number of ether oxygens (including phenoxy) is 1. The minimum Gasteiger partial charge on any atom is -0.375 e. The second kappa shape index (κ2) is 6.32. The van der Waals surface area contributed by atoms with E-state index in [9.17, 15) is 0 Å². The van der Waals surface area contributed by atoms with Crippen molar-refractivity contribution in [1.82, 2.24) is 4.90 Å². The standard InChI is InChI=1S/C15H25ClN2OS/c1-4-14(2)10-15(11-17,7-8-19-14)18(3)9-12-5-6-13(16)20-12/h5-6H,4,7-11,17H2,1-3H3. The maximum Gasteiger partial charge on any atom is 0.0931 e. The summed E-state index contributed by atoms with van der Waals surface area (Å²) in [7, 11) is 2.17. The maximum atomic E-state index is 6.15. The Bertz CT molecular complexity index is 453. The average molecular weight is 317 g/mol. The van der Waals surface area contributed by atoms with Crippen LogP contribution in [0.1, 0.15) is 38.0 Å². The lowest BCUT2D eigenvalue weighted by Gasteiger charge is -2.50. The average Bonchev–Trinajstić information content (AvgIpc) is 2.84. The van der Waals surface area contributed by atoms with Crippen LogP contribution >= 0.6 is 22.9 Å². The SMILES string of the molecule is CCC1(C)CC(CN)(N(C)Cc2ccc(Cl)s2)CCO1. The van der Waals surface area contributed by atoms with E-state index in [-0.39, 0.29) is 11.1 Å². The van der Waals surface area contributed by atoms with Gasteiger partial charge in [0.1, 0.15) is 0 Å². The molecule has 2 N–H and O–H groups in total. The van der Waals surface area contributed by atoms with E-state index >= 15 is 0 Å². The Balaban J connectivity index is 2.13. The van der Waals surface area contributed by atoms with Gasteiger partial charge in [-0.05, 0) is 45.4 Å². The molecule has 3 nitrogen and oxygen atoms in total. The molecule has 2 heterocycles. The monoisotopic (exact) mass is 316 g/mol. The topological polar surface area (TPSA) is 38.5 Å². The summed E-state index contributed by atoms with van der Waals surface area (Å²) >= 11 is 7.67. The fourth-order valence-electron chi connectivity index (χ4n) is 3.04. The van der Waals surface area contributed by atoms with Gasteiger partial charge in [0.2, 0.25) is 0 Å². The molecule has 0 spiro atoms. The van der Waals surface area contributed by atoms with Crippen LogP contribution in [-0.4, -0.2) is 36.2 Å². The third kappa shape index (κ3) is 3.37. The van der Waals surface area contributed by atoms with E-state index in [1.807, 2.05) is 6.07 Å². The van der Waals surface area contributed by atoms with Crippen LogP contribution in [0.3, 0.4) is 0 Å². The molecule has 0 amide bonds. The molecule has 114 valence electrons. The van der Waals surface area contributed by atoms with Crippen LogP contribution in [0, 0.1) is 0 Å². The van der Waals surface area contributed by atoms with Gasteiger partial charge in [-0.25, -0.2) is 0 Å². The van der Waals surface area contributed by atoms with Crippen LogP contribution in [-0.2, 0) is 11.3 Å². The molecule has 0 saturated carbocycles. The number of rotatable bonds is 5. The molecule has 20 heavy (non-hydrogen) atoms. The van der Waals surface area contributed by atoms with Gasteiger partial charge >= 0.3 is 0 Å². The van der Waals surface area contributed by atoms with Gasteiger partial charge in [-0.3, -0.25) is 4.90 Å². The highest BCUT2D eigenvalue weighted by Crippen LogP contribution is 2.38. The Morgan fingerprint density at radius 3 is 2.80 bits per heavy atom. The maximum absolute atomic E-state index is 6.15. The molecule has 0 radical (unpaired) electrons. The fraction of sp³-hybridized carbons (Fsp3) is 0.733. The zero-order chi connectivity index (χ0) is 14.8. The highest BCUT2D eigenvalue weighted by atomic mass is 35.5. The molecule has 2 unspecified atom stereocenters. The zero-order valence-corrected chi connectivity index (χ0v) is 14.2. The van der Waals surface area contributed by atoms with Crippen LogP contribution in [0.15, 0.2) is 12.1 Å². The quantitative estimate of drug-likeness (QED) is 0.903. The summed E-state index contributed by atoms with van der Waals surface area (Å²) in [4.78, 5) is 3.68. The van der Waals surface area contributed by atoms with Gasteiger partial charge in [-0.1, -0.05) is 18.5 Å². The molecule has 2 atom stereocenters. The van der Waals surface area contributed by atoms with Crippen LogP contribution in [0.25, 0.3) is 0 Å². The summed E-state index contributed by atoms with van der Waals surface area (Å²) in [6.07, 6.45) is 3.00. The second-order valence-corrected chi connectivity index (χ2v) is 7.87. The minimum absolute atomic E-state index is 0.0273. The first kappa shape index (κ1) is 16.2. The van der Waals surface area contributed by atoms with Gasteiger partial charge in [0.05, 0.1) is 9.94 Å². The van der Waals surface area contributed by atoms with E-state index < -0.39 is 0 Å². The second-order valence-electron chi connectivity index (χ2n) is 6.07. The number of likely N-dealkylation sites (N-methyl/N-ethyl adjacent to an activating group) is 1. The van der Waals surface area contributed by atoms with E-state index in [0.29, 0.717) is 6.54 Å². The lowest BCUT2D eigenvalue weighted by atomic mass is 9.78. The number of thiophene rings is 1. The fourth-order valence-corrected chi connectivity index (χ4v) is 4.19. The van der Waals surface area contributed by atoms with Crippen LogP contribution in [0.2, 0.25) is 4.34 Å². The Hall–Kier alpha value is -0.130. The molecule has 1 saturated heterocycles. The molecule has 1 aliphatic heterocycles. The Kier molecular flexibility index (Phi) is 5.14. The van der Waals surface area contributed by atoms with Crippen molar-refractivity contribution >= 4 is 22.9 Å². The molecule has 5 heteroatoms. The largest absolute Gasteiger partial charge is 0.375 e. The van der Waals surface area contributed by atoms with Crippen LogP contribution < -0.4 is 5.73 Å². The number of halogens is 1. The summed E-state index contributed by atoms with van der Waals surface area (Å²) in [5.41, 5.74) is 6.12. The van der Waals surface area contributed by atoms with Crippen molar-refractivity contribution in [2.45, 2.75) is 50.8 Å². The Morgan fingerprint density at radius 2 is 2.25 bits per heavy atom. The molecule has 0 bridgehead atoms. The lowest BCUT2D eigenvalue weighted by molar-refractivity contribution is -0.126. The third-order valence-corrected chi connectivity index (χ3v) is 5.90. The molecule has 1 aromatic heterocycles. The summed E-state index contributed by atoms with van der Waals surface area (Å²) in [6.45, 7) is 6.74.